The zero-order valence-electron chi connectivity index (χ0n) is 10.2. The third kappa shape index (κ3) is 3.38. The van der Waals surface area contributed by atoms with Crippen LogP contribution in [0.3, 0.4) is 0 Å². The van der Waals surface area contributed by atoms with Crippen LogP contribution in [0.2, 0.25) is 0 Å². The molecule has 1 aromatic carbocycles. The fourth-order valence-corrected chi connectivity index (χ4v) is 1.76. The van der Waals surface area contributed by atoms with E-state index in [1.165, 1.54) is 12.1 Å². The number of hydrogen-bond acceptors (Lipinski definition) is 2. The van der Waals surface area contributed by atoms with E-state index in [4.69, 9.17) is 4.42 Å². The first kappa shape index (κ1) is 13.7. The van der Waals surface area contributed by atoms with Crippen LogP contribution in [-0.4, -0.2) is 11.2 Å². The second-order valence-electron chi connectivity index (χ2n) is 4.39. The number of aliphatic hydroxyl groups is 1. The van der Waals surface area contributed by atoms with E-state index < -0.39 is 17.8 Å². The zero-order chi connectivity index (χ0) is 14.0. The smallest absolute Gasteiger partial charge is 0.416 e. The van der Waals surface area contributed by atoms with Crippen LogP contribution in [0.15, 0.2) is 40.8 Å². The van der Waals surface area contributed by atoms with Crippen LogP contribution in [0.5, 0.6) is 0 Å². The number of rotatable bonds is 3. The molecule has 0 spiro atoms. The predicted octanol–water partition coefficient (Wildman–Crippen LogP) is 3.89. The van der Waals surface area contributed by atoms with E-state index >= 15 is 0 Å². The van der Waals surface area contributed by atoms with Gasteiger partial charge in [-0.15, -0.1) is 0 Å². The number of hydrogen-bond donors (Lipinski definition) is 1. The molecule has 102 valence electrons. The molecular formula is C14H13F3O2. The van der Waals surface area contributed by atoms with Crippen molar-refractivity contribution in [1.82, 2.24) is 0 Å². The van der Waals surface area contributed by atoms with Gasteiger partial charge in [0, 0.05) is 12.0 Å². The number of alkyl halides is 3. The Balaban J connectivity index is 2.20. The third-order valence-electron chi connectivity index (χ3n) is 2.65. The Labute approximate surface area is 108 Å². The van der Waals surface area contributed by atoms with Crippen molar-refractivity contribution in [2.75, 3.05) is 0 Å². The molecule has 0 aliphatic rings. The quantitative estimate of drug-likeness (QED) is 0.918. The first-order chi connectivity index (χ1) is 8.86. The van der Waals surface area contributed by atoms with Crippen LogP contribution < -0.4 is 0 Å². The van der Waals surface area contributed by atoms with Gasteiger partial charge in [0.25, 0.3) is 0 Å². The van der Waals surface area contributed by atoms with Crippen molar-refractivity contribution in [3.8, 4) is 11.3 Å². The molecule has 2 aromatic rings. The average Bonchev–Trinajstić information content (AvgIpc) is 2.75. The molecule has 19 heavy (non-hydrogen) atoms. The fourth-order valence-electron chi connectivity index (χ4n) is 1.76. The van der Waals surface area contributed by atoms with Gasteiger partial charge in [0.2, 0.25) is 0 Å². The van der Waals surface area contributed by atoms with Gasteiger partial charge in [-0.05, 0) is 31.2 Å². The summed E-state index contributed by atoms with van der Waals surface area (Å²) in [5.41, 5.74) is -0.114. The van der Waals surface area contributed by atoms with Gasteiger partial charge in [0.1, 0.15) is 11.5 Å². The van der Waals surface area contributed by atoms with Crippen LogP contribution in [0, 0.1) is 0 Å². The van der Waals surface area contributed by atoms with Gasteiger partial charge in [-0.2, -0.15) is 13.2 Å². The molecule has 0 bridgehead atoms. The van der Waals surface area contributed by atoms with Crippen LogP contribution in [-0.2, 0) is 12.6 Å². The molecule has 0 fully saturated rings. The Morgan fingerprint density at radius 2 is 1.74 bits per heavy atom. The topological polar surface area (TPSA) is 33.4 Å². The van der Waals surface area contributed by atoms with Crippen LogP contribution in [0.25, 0.3) is 11.3 Å². The summed E-state index contributed by atoms with van der Waals surface area (Å²) in [4.78, 5) is 0. The van der Waals surface area contributed by atoms with E-state index in [-0.39, 0.29) is 0 Å². The zero-order valence-corrected chi connectivity index (χ0v) is 10.2. The van der Waals surface area contributed by atoms with E-state index in [0.29, 0.717) is 23.5 Å². The molecule has 0 aliphatic carbocycles. The van der Waals surface area contributed by atoms with E-state index in [1.54, 1.807) is 19.1 Å². The van der Waals surface area contributed by atoms with Gasteiger partial charge in [-0.25, -0.2) is 0 Å². The van der Waals surface area contributed by atoms with Gasteiger partial charge >= 0.3 is 6.18 Å². The lowest BCUT2D eigenvalue weighted by molar-refractivity contribution is -0.137. The monoisotopic (exact) mass is 270 g/mol. The molecule has 1 heterocycles. The average molecular weight is 270 g/mol. The van der Waals surface area contributed by atoms with Crippen molar-refractivity contribution in [3.05, 3.63) is 47.7 Å². The minimum absolute atomic E-state index is 0.376. The summed E-state index contributed by atoms with van der Waals surface area (Å²) in [6.07, 6.45) is -4.48. The minimum Gasteiger partial charge on any atom is -0.461 e. The van der Waals surface area contributed by atoms with Crippen LogP contribution >= 0.6 is 0 Å². The molecule has 1 unspecified atom stereocenters. The molecule has 1 N–H and O–H groups in total. The van der Waals surface area contributed by atoms with Crippen molar-refractivity contribution >= 4 is 0 Å². The van der Waals surface area contributed by atoms with Crippen molar-refractivity contribution < 1.29 is 22.7 Å². The second kappa shape index (κ2) is 5.09. The number of halogens is 3. The first-order valence-electron chi connectivity index (χ1n) is 5.80. The molecule has 1 aromatic heterocycles. The molecule has 0 saturated carbocycles. The van der Waals surface area contributed by atoms with Crippen LogP contribution in [0.1, 0.15) is 18.2 Å². The largest absolute Gasteiger partial charge is 0.461 e. The Kier molecular flexibility index (Phi) is 3.66. The normalized spacial score (nSPS) is 13.5. The summed E-state index contributed by atoms with van der Waals surface area (Å²) >= 11 is 0. The molecule has 0 radical (unpaired) electrons. The molecule has 0 aliphatic heterocycles. The number of aliphatic hydroxyl groups excluding tert-OH is 1. The van der Waals surface area contributed by atoms with Crippen molar-refractivity contribution in [3.63, 3.8) is 0 Å². The molecular weight excluding hydrogens is 257 g/mol. The van der Waals surface area contributed by atoms with Gasteiger partial charge in [0.05, 0.1) is 11.7 Å². The summed E-state index contributed by atoms with van der Waals surface area (Å²) < 4.78 is 42.7. The minimum atomic E-state index is -4.33. The summed E-state index contributed by atoms with van der Waals surface area (Å²) in [5, 5.41) is 9.23. The van der Waals surface area contributed by atoms with Gasteiger partial charge in [-0.1, -0.05) is 12.1 Å². The molecule has 0 saturated heterocycles. The van der Waals surface area contributed by atoms with Crippen LogP contribution in [0.4, 0.5) is 13.2 Å². The van der Waals surface area contributed by atoms with E-state index in [9.17, 15) is 18.3 Å². The Hall–Kier alpha value is -1.75. The molecule has 1 atom stereocenters. The number of furan rings is 1. The molecule has 5 heteroatoms. The highest BCUT2D eigenvalue weighted by molar-refractivity contribution is 5.58. The van der Waals surface area contributed by atoms with Gasteiger partial charge in [-0.3, -0.25) is 0 Å². The summed E-state index contributed by atoms with van der Waals surface area (Å²) in [5.74, 6) is 1.09. The highest BCUT2D eigenvalue weighted by Crippen LogP contribution is 2.31. The van der Waals surface area contributed by atoms with E-state index in [0.717, 1.165) is 12.1 Å². The SMILES string of the molecule is CC(O)Cc1ccc(-c2ccc(C(F)(F)F)cc2)o1. The Morgan fingerprint density at radius 3 is 2.26 bits per heavy atom. The third-order valence-corrected chi connectivity index (χ3v) is 2.65. The van der Waals surface area contributed by atoms with Crippen molar-refractivity contribution in [2.45, 2.75) is 25.6 Å². The summed E-state index contributed by atoms with van der Waals surface area (Å²) in [6, 6.07) is 8.17. The van der Waals surface area contributed by atoms with E-state index in [2.05, 4.69) is 0 Å². The summed E-state index contributed by atoms with van der Waals surface area (Å²) in [6.45, 7) is 1.64. The highest BCUT2D eigenvalue weighted by Gasteiger charge is 2.30. The maximum absolute atomic E-state index is 12.4. The lowest BCUT2D eigenvalue weighted by Crippen LogP contribution is -2.04. The lowest BCUT2D eigenvalue weighted by atomic mass is 10.1. The summed E-state index contributed by atoms with van der Waals surface area (Å²) in [7, 11) is 0. The highest BCUT2D eigenvalue weighted by atomic mass is 19.4. The maximum atomic E-state index is 12.4. The first-order valence-corrected chi connectivity index (χ1v) is 5.80. The maximum Gasteiger partial charge on any atom is 0.416 e. The molecule has 0 amide bonds. The predicted molar refractivity (Wildman–Crippen MR) is 64.5 cm³/mol. The van der Waals surface area contributed by atoms with Crippen molar-refractivity contribution in [1.29, 1.82) is 0 Å². The standard InChI is InChI=1S/C14H13F3O2/c1-9(18)8-12-6-7-13(19-12)10-2-4-11(5-3-10)14(15,16)17/h2-7,9,18H,8H2,1H3. The fraction of sp³-hybridized carbons (Fsp3) is 0.286. The Bertz CT molecular complexity index is 539. The molecule has 2 rings (SSSR count). The van der Waals surface area contributed by atoms with Gasteiger partial charge in [0.15, 0.2) is 0 Å². The van der Waals surface area contributed by atoms with Crippen molar-refractivity contribution in [2.24, 2.45) is 0 Å². The Morgan fingerprint density at radius 1 is 1.11 bits per heavy atom. The number of benzene rings is 1. The molecule has 2 nitrogen and oxygen atoms in total. The second-order valence-corrected chi connectivity index (χ2v) is 4.39. The van der Waals surface area contributed by atoms with E-state index in [1.807, 2.05) is 0 Å². The lowest BCUT2D eigenvalue weighted by Gasteiger charge is -2.06. The van der Waals surface area contributed by atoms with Gasteiger partial charge < -0.3 is 9.52 Å².